The molecule has 0 unspecified atom stereocenters. The Morgan fingerprint density at radius 2 is 1.74 bits per heavy atom. The summed E-state index contributed by atoms with van der Waals surface area (Å²) in [5.41, 5.74) is 2.45. The Bertz CT molecular complexity index is 1130. The number of benzene rings is 1. The Balaban J connectivity index is 1.72. The largest absolute Gasteiger partial charge is 0.423 e. The number of hydrogen-bond acceptors (Lipinski definition) is 5. The van der Waals surface area contributed by atoms with Crippen LogP contribution < -0.4 is 5.63 Å². The molecule has 1 aromatic heterocycles. The number of rotatable bonds is 4. The quantitative estimate of drug-likeness (QED) is 0.419. The lowest BCUT2D eigenvalue weighted by atomic mass is 9.85. The average Bonchev–Trinajstić information content (AvgIpc) is 2.91. The van der Waals surface area contributed by atoms with Crippen LogP contribution in [0.15, 0.2) is 27.4 Å². The molecule has 2 atom stereocenters. The second-order valence-corrected chi connectivity index (χ2v) is 9.13. The summed E-state index contributed by atoms with van der Waals surface area (Å²) in [5.74, 6) is -1.19. The summed E-state index contributed by atoms with van der Waals surface area (Å²) in [6.45, 7) is 7.98. The molecule has 7 heteroatoms. The molecule has 1 saturated carbocycles. The van der Waals surface area contributed by atoms with E-state index in [9.17, 15) is 19.2 Å². The van der Waals surface area contributed by atoms with Gasteiger partial charge in [-0.15, -0.1) is 0 Å². The van der Waals surface area contributed by atoms with Gasteiger partial charge in [0.1, 0.15) is 5.58 Å². The molecule has 1 aliphatic heterocycles. The first-order valence-electron chi connectivity index (χ1n) is 10.9. The molecule has 1 saturated heterocycles. The van der Waals surface area contributed by atoms with Gasteiger partial charge in [-0.1, -0.05) is 33.6 Å². The van der Waals surface area contributed by atoms with Crippen LogP contribution in [0.25, 0.3) is 11.0 Å². The molecule has 31 heavy (non-hydrogen) atoms. The monoisotopic (exact) mass is 424 g/mol. The third-order valence-corrected chi connectivity index (χ3v) is 6.65. The van der Waals surface area contributed by atoms with Gasteiger partial charge in [0.25, 0.3) is 0 Å². The minimum absolute atomic E-state index is 0.135. The van der Waals surface area contributed by atoms with Crippen LogP contribution in [0.5, 0.6) is 0 Å². The SMILES string of the molecule is Cc1cc2oc(=O)cc(CN3C(=O)C(=O)N([C@@H]4CCCC[C@H]4C)C3=O)c2cc1C(C)C. The number of hydrogen-bond donors (Lipinski definition) is 0. The molecule has 2 aliphatic rings. The van der Waals surface area contributed by atoms with Crippen LogP contribution in [-0.2, 0) is 16.1 Å². The van der Waals surface area contributed by atoms with Gasteiger partial charge in [-0.3, -0.25) is 19.4 Å². The van der Waals surface area contributed by atoms with Crippen LogP contribution in [0.3, 0.4) is 0 Å². The summed E-state index contributed by atoms with van der Waals surface area (Å²) in [6.07, 6.45) is 3.64. The van der Waals surface area contributed by atoms with Crippen molar-refractivity contribution < 1.29 is 18.8 Å². The van der Waals surface area contributed by atoms with Crippen molar-refractivity contribution in [3.05, 3.63) is 45.3 Å². The molecule has 7 nitrogen and oxygen atoms in total. The second-order valence-electron chi connectivity index (χ2n) is 9.13. The van der Waals surface area contributed by atoms with E-state index in [-0.39, 0.29) is 24.4 Å². The lowest BCUT2D eigenvalue weighted by Gasteiger charge is -2.34. The molecule has 1 aliphatic carbocycles. The number of amides is 4. The van der Waals surface area contributed by atoms with Crippen molar-refractivity contribution in [1.82, 2.24) is 9.80 Å². The number of nitrogens with zero attached hydrogens (tertiary/aromatic N) is 2. The maximum atomic E-state index is 13.1. The Labute approximate surface area is 181 Å². The first-order valence-corrected chi connectivity index (χ1v) is 10.9. The van der Waals surface area contributed by atoms with Gasteiger partial charge in [0.05, 0.1) is 6.54 Å². The molecule has 2 heterocycles. The standard InChI is InChI=1S/C24H28N2O5/c1-13(2)17-11-18-16(10-21(27)31-20(18)9-15(17)4)12-25-22(28)23(29)26(24(25)30)19-8-6-5-7-14(19)3/h9-11,13-14,19H,5-8,12H2,1-4H3/t14-,19-/m1/s1. The molecule has 0 bridgehead atoms. The molecule has 0 N–H and O–H groups in total. The summed E-state index contributed by atoms with van der Waals surface area (Å²) < 4.78 is 5.37. The van der Waals surface area contributed by atoms with Crippen molar-refractivity contribution in [3.8, 4) is 0 Å². The molecule has 2 fully saturated rings. The molecule has 4 amide bonds. The van der Waals surface area contributed by atoms with Gasteiger partial charge >= 0.3 is 23.5 Å². The highest BCUT2D eigenvalue weighted by atomic mass is 16.4. The molecule has 2 aromatic rings. The molecular weight excluding hydrogens is 396 g/mol. The average molecular weight is 424 g/mol. The van der Waals surface area contributed by atoms with Crippen molar-refractivity contribution in [2.75, 3.05) is 0 Å². The van der Waals surface area contributed by atoms with Crippen LogP contribution in [-0.4, -0.2) is 33.7 Å². The zero-order valence-corrected chi connectivity index (χ0v) is 18.4. The van der Waals surface area contributed by atoms with Crippen molar-refractivity contribution in [1.29, 1.82) is 0 Å². The molecule has 4 rings (SSSR count). The van der Waals surface area contributed by atoms with Gasteiger partial charge in [-0.2, -0.15) is 0 Å². The van der Waals surface area contributed by atoms with E-state index in [0.29, 0.717) is 23.0 Å². The van der Waals surface area contributed by atoms with E-state index in [0.717, 1.165) is 40.2 Å². The Hall–Kier alpha value is -2.96. The normalized spacial score (nSPS) is 22.3. The van der Waals surface area contributed by atoms with Crippen molar-refractivity contribution in [2.24, 2.45) is 5.92 Å². The van der Waals surface area contributed by atoms with E-state index < -0.39 is 23.5 Å². The van der Waals surface area contributed by atoms with Crippen molar-refractivity contribution in [2.45, 2.75) is 71.9 Å². The van der Waals surface area contributed by atoms with Crippen LogP contribution in [0.1, 0.15) is 69.1 Å². The van der Waals surface area contributed by atoms with Gasteiger partial charge in [0.15, 0.2) is 0 Å². The number of urea groups is 1. The van der Waals surface area contributed by atoms with E-state index in [1.165, 1.54) is 6.07 Å². The highest BCUT2D eigenvalue weighted by Crippen LogP contribution is 2.33. The molecule has 0 spiro atoms. The van der Waals surface area contributed by atoms with Gasteiger partial charge in [-0.05, 0) is 60.4 Å². The predicted octanol–water partition coefficient (Wildman–Crippen LogP) is 4.09. The molecule has 164 valence electrons. The number of carbonyl (C=O) groups excluding carboxylic acids is 3. The van der Waals surface area contributed by atoms with E-state index in [1.807, 2.05) is 26.0 Å². The summed E-state index contributed by atoms with van der Waals surface area (Å²) in [5, 5.41) is 0.673. The van der Waals surface area contributed by atoms with Crippen molar-refractivity contribution in [3.63, 3.8) is 0 Å². The number of fused-ring (bicyclic) bond motifs is 1. The van der Waals surface area contributed by atoms with Gasteiger partial charge < -0.3 is 4.42 Å². The highest BCUT2D eigenvalue weighted by Gasteiger charge is 2.49. The third kappa shape index (κ3) is 3.66. The van der Waals surface area contributed by atoms with Crippen LogP contribution in [0.4, 0.5) is 4.79 Å². The number of imide groups is 2. The van der Waals surface area contributed by atoms with Gasteiger partial charge in [0.2, 0.25) is 0 Å². The third-order valence-electron chi connectivity index (χ3n) is 6.65. The fourth-order valence-electron chi connectivity index (χ4n) is 4.95. The summed E-state index contributed by atoms with van der Waals surface area (Å²) >= 11 is 0. The topological polar surface area (TPSA) is 87.9 Å². The lowest BCUT2D eigenvalue weighted by Crippen LogP contribution is -2.46. The van der Waals surface area contributed by atoms with Crippen LogP contribution in [0, 0.1) is 12.8 Å². The predicted molar refractivity (Wildman–Crippen MR) is 116 cm³/mol. The summed E-state index contributed by atoms with van der Waals surface area (Å²) in [4.78, 5) is 52.9. The van der Waals surface area contributed by atoms with E-state index in [4.69, 9.17) is 4.42 Å². The molecule has 1 aromatic carbocycles. The smallest absolute Gasteiger partial charge is 0.336 e. The summed E-state index contributed by atoms with van der Waals surface area (Å²) in [6, 6.07) is 4.21. The number of carbonyl (C=O) groups is 3. The summed E-state index contributed by atoms with van der Waals surface area (Å²) in [7, 11) is 0. The zero-order valence-electron chi connectivity index (χ0n) is 18.4. The minimum Gasteiger partial charge on any atom is -0.423 e. The zero-order chi connectivity index (χ0) is 22.4. The van der Waals surface area contributed by atoms with Crippen molar-refractivity contribution >= 4 is 28.8 Å². The number of aryl methyl sites for hydroxylation is 1. The maximum absolute atomic E-state index is 13.1. The highest BCUT2D eigenvalue weighted by molar-refractivity contribution is 6.44. The Kier molecular flexibility index (Phi) is 5.45. The van der Waals surface area contributed by atoms with Gasteiger partial charge in [-0.25, -0.2) is 9.59 Å². The van der Waals surface area contributed by atoms with Gasteiger partial charge in [0, 0.05) is 17.5 Å². The second kappa shape index (κ2) is 7.94. The first kappa shape index (κ1) is 21.3. The molecular formula is C24H28N2O5. The molecule has 0 radical (unpaired) electrons. The van der Waals surface area contributed by atoms with E-state index in [2.05, 4.69) is 13.8 Å². The maximum Gasteiger partial charge on any atom is 0.336 e. The lowest BCUT2D eigenvalue weighted by molar-refractivity contribution is -0.144. The fraction of sp³-hybridized carbons (Fsp3) is 0.500. The Morgan fingerprint density at radius 1 is 1.03 bits per heavy atom. The Morgan fingerprint density at radius 3 is 2.42 bits per heavy atom. The fourth-order valence-corrected chi connectivity index (χ4v) is 4.95. The van der Waals surface area contributed by atoms with Crippen LogP contribution in [0.2, 0.25) is 0 Å². The van der Waals surface area contributed by atoms with E-state index in [1.54, 1.807) is 0 Å². The van der Waals surface area contributed by atoms with Crippen LogP contribution >= 0.6 is 0 Å². The van der Waals surface area contributed by atoms with E-state index >= 15 is 0 Å². The first-order chi connectivity index (χ1) is 14.7. The minimum atomic E-state index is -0.833.